The molecule has 21 heavy (non-hydrogen) atoms. The van der Waals surface area contributed by atoms with Crippen molar-refractivity contribution >= 4 is 11.6 Å². The normalized spacial score (nSPS) is 15.0. The standard InChI is InChI=1S/C18H20N2O/c21-18(19-17-6-2-1-3-7-17)16-10-8-15(9-11-16)14-20-12-4-5-13-20/h1-3,6-11H,4-5,12-14H2,(H,19,21). The van der Waals surface area contributed by atoms with Crippen LogP contribution in [0.1, 0.15) is 28.8 Å². The molecule has 1 heterocycles. The lowest BCUT2D eigenvalue weighted by Gasteiger charge is -2.14. The quantitative estimate of drug-likeness (QED) is 0.929. The van der Waals surface area contributed by atoms with Crippen LogP contribution in [-0.2, 0) is 6.54 Å². The van der Waals surface area contributed by atoms with Crippen LogP contribution in [0.2, 0.25) is 0 Å². The van der Waals surface area contributed by atoms with Crippen molar-refractivity contribution in [3.05, 3.63) is 65.7 Å². The van der Waals surface area contributed by atoms with Crippen LogP contribution < -0.4 is 5.32 Å². The predicted molar refractivity (Wildman–Crippen MR) is 85.3 cm³/mol. The highest BCUT2D eigenvalue weighted by Gasteiger charge is 2.12. The maximum atomic E-state index is 12.1. The van der Waals surface area contributed by atoms with Gasteiger partial charge in [-0.25, -0.2) is 0 Å². The molecule has 1 saturated heterocycles. The number of nitrogens with zero attached hydrogens (tertiary/aromatic N) is 1. The van der Waals surface area contributed by atoms with Crippen molar-refractivity contribution < 1.29 is 4.79 Å². The Kier molecular flexibility index (Phi) is 4.31. The number of hydrogen-bond donors (Lipinski definition) is 1. The molecule has 2 aromatic rings. The lowest BCUT2D eigenvalue weighted by molar-refractivity contribution is 0.102. The second-order valence-corrected chi connectivity index (χ2v) is 5.50. The van der Waals surface area contributed by atoms with Crippen LogP contribution >= 0.6 is 0 Å². The number of carbonyl (C=O) groups excluding carboxylic acids is 1. The third-order valence-corrected chi connectivity index (χ3v) is 3.85. The topological polar surface area (TPSA) is 32.3 Å². The van der Waals surface area contributed by atoms with Gasteiger partial charge in [0.1, 0.15) is 0 Å². The van der Waals surface area contributed by atoms with E-state index in [2.05, 4.69) is 22.3 Å². The van der Waals surface area contributed by atoms with Gasteiger partial charge in [0.05, 0.1) is 0 Å². The molecule has 3 nitrogen and oxygen atoms in total. The Bertz CT molecular complexity index is 586. The minimum atomic E-state index is -0.0612. The Morgan fingerprint density at radius 2 is 1.62 bits per heavy atom. The zero-order valence-electron chi connectivity index (χ0n) is 12.1. The molecule has 0 aromatic heterocycles. The highest BCUT2D eigenvalue weighted by atomic mass is 16.1. The number of nitrogens with one attached hydrogen (secondary N) is 1. The Labute approximate surface area is 125 Å². The first-order valence-electron chi connectivity index (χ1n) is 7.49. The molecule has 0 atom stereocenters. The Morgan fingerprint density at radius 3 is 2.29 bits per heavy atom. The van der Waals surface area contributed by atoms with Crippen molar-refractivity contribution in [3.63, 3.8) is 0 Å². The third kappa shape index (κ3) is 3.70. The van der Waals surface area contributed by atoms with Crippen LogP contribution in [0.4, 0.5) is 5.69 Å². The van der Waals surface area contributed by atoms with Crippen LogP contribution in [0.5, 0.6) is 0 Å². The Morgan fingerprint density at radius 1 is 0.952 bits per heavy atom. The van der Waals surface area contributed by atoms with Crippen LogP contribution in [0.25, 0.3) is 0 Å². The van der Waals surface area contributed by atoms with E-state index in [-0.39, 0.29) is 5.91 Å². The number of carbonyl (C=O) groups is 1. The van der Waals surface area contributed by atoms with E-state index < -0.39 is 0 Å². The molecular weight excluding hydrogens is 260 g/mol. The maximum absolute atomic E-state index is 12.1. The Hall–Kier alpha value is -2.13. The number of para-hydroxylation sites is 1. The van der Waals surface area contributed by atoms with E-state index in [1.54, 1.807) is 0 Å². The first-order valence-corrected chi connectivity index (χ1v) is 7.49. The first-order chi connectivity index (χ1) is 10.3. The van der Waals surface area contributed by atoms with E-state index in [0.29, 0.717) is 5.56 Å². The lowest BCUT2D eigenvalue weighted by atomic mass is 10.1. The molecule has 0 bridgehead atoms. The number of hydrogen-bond acceptors (Lipinski definition) is 2. The van der Waals surface area contributed by atoms with E-state index in [1.165, 1.54) is 31.5 Å². The van der Waals surface area contributed by atoms with Gasteiger partial charge in [0.15, 0.2) is 0 Å². The molecule has 1 aliphatic rings. The minimum absolute atomic E-state index is 0.0612. The fraction of sp³-hybridized carbons (Fsp3) is 0.278. The van der Waals surface area contributed by atoms with E-state index in [1.807, 2.05) is 42.5 Å². The van der Waals surface area contributed by atoms with Gasteiger partial charge in [-0.05, 0) is 55.8 Å². The smallest absolute Gasteiger partial charge is 0.255 e. The van der Waals surface area contributed by atoms with Gasteiger partial charge in [0.2, 0.25) is 0 Å². The molecular formula is C18H20N2O. The molecule has 1 aliphatic heterocycles. The molecule has 2 aromatic carbocycles. The number of benzene rings is 2. The molecule has 1 fully saturated rings. The Balaban J connectivity index is 1.62. The van der Waals surface area contributed by atoms with Gasteiger partial charge in [-0.15, -0.1) is 0 Å². The van der Waals surface area contributed by atoms with Gasteiger partial charge in [0, 0.05) is 17.8 Å². The number of anilines is 1. The summed E-state index contributed by atoms with van der Waals surface area (Å²) in [5, 5.41) is 2.90. The summed E-state index contributed by atoms with van der Waals surface area (Å²) in [5.74, 6) is -0.0612. The third-order valence-electron chi connectivity index (χ3n) is 3.85. The summed E-state index contributed by atoms with van der Waals surface area (Å²) >= 11 is 0. The van der Waals surface area contributed by atoms with Crippen molar-refractivity contribution in [2.75, 3.05) is 18.4 Å². The van der Waals surface area contributed by atoms with Gasteiger partial charge in [-0.2, -0.15) is 0 Å². The molecule has 3 rings (SSSR count). The first kappa shape index (κ1) is 13.8. The van der Waals surface area contributed by atoms with Crippen LogP contribution in [0.15, 0.2) is 54.6 Å². The van der Waals surface area contributed by atoms with Crippen LogP contribution in [0.3, 0.4) is 0 Å². The predicted octanol–water partition coefficient (Wildman–Crippen LogP) is 3.53. The second-order valence-electron chi connectivity index (χ2n) is 5.50. The molecule has 3 heteroatoms. The van der Waals surface area contributed by atoms with Gasteiger partial charge in [-0.1, -0.05) is 30.3 Å². The van der Waals surface area contributed by atoms with Crippen molar-refractivity contribution in [1.29, 1.82) is 0 Å². The van der Waals surface area contributed by atoms with Crippen molar-refractivity contribution in [2.24, 2.45) is 0 Å². The zero-order chi connectivity index (χ0) is 14.5. The summed E-state index contributed by atoms with van der Waals surface area (Å²) in [5.41, 5.74) is 2.79. The highest BCUT2D eigenvalue weighted by molar-refractivity contribution is 6.04. The molecule has 108 valence electrons. The lowest BCUT2D eigenvalue weighted by Crippen LogP contribution is -2.18. The molecule has 0 unspecified atom stereocenters. The average molecular weight is 280 g/mol. The van der Waals surface area contributed by atoms with E-state index in [9.17, 15) is 4.79 Å². The summed E-state index contributed by atoms with van der Waals surface area (Å²) < 4.78 is 0. The molecule has 0 radical (unpaired) electrons. The zero-order valence-corrected chi connectivity index (χ0v) is 12.1. The summed E-state index contributed by atoms with van der Waals surface area (Å²) in [4.78, 5) is 14.6. The van der Waals surface area contributed by atoms with E-state index in [4.69, 9.17) is 0 Å². The van der Waals surface area contributed by atoms with Crippen molar-refractivity contribution in [1.82, 2.24) is 4.90 Å². The molecule has 1 N–H and O–H groups in total. The van der Waals surface area contributed by atoms with E-state index in [0.717, 1.165) is 12.2 Å². The van der Waals surface area contributed by atoms with Gasteiger partial charge >= 0.3 is 0 Å². The fourth-order valence-corrected chi connectivity index (χ4v) is 2.69. The van der Waals surface area contributed by atoms with Crippen molar-refractivity contribution in [2.45, 2.75) is 19.4 Å². The van der Waals surface area contributed by atoms with Crippen LogP contribution in [-0.4, -0.2) is 23.9 Å². The number of likely N-dealkylation sites (tertiary alicyclic amines) is 1. The maximum Gasteiger partial charge on any atom is 0.255 e. The van der Waals surface area contributed by atoms with Crippen LogP contribution in [0, 0.1) is 0 Å². The van der Waals surface area contributed by atoms with Gasteiger partial charge in [-0.3, -0.25) is 9.69 Å². The largest absolute Gasteiger partial charge is 0.322 e. The van der Waals surface area contributed by atoms with Crippen molar-refractivity contribution in [3.8, 4) is 0 Å². The fourth-order valence-electron chi connectivity index (χ4n) is 2.69. The minimum Gasteiger partial charge on any atom is -0.322 e. The van der Waals surface area contributed by atoms with Gasteiger partial charge < -0.3 is 5.32 Å². The molecule has 0 aliphatic carbocycles. The average Bonchev–Trinajstić information content (AvgIpc) is 3.02. The van der Waals surface area contributed by atoms with Gasteiger partial charge in [0.25, 0.3) is 5.91 Å². The number of amides is 1. The second kappa shape index (κ2) is 6.55. The summed E-state index contributed by atoms with van der Waals surface area (Å²) in [7, 11) is 0. The monoisotopic (exact) mass is 280 g/mol. The highest BCUT2D eigenvalue weighted by Crippen LogP contribution is 2.14. The molecule has 0 saturated carbocycles. The number of rotatable bonds is 4. The summed E-state index contributed by atoms with van der Waals surface area (Å²) in [6.07, 6.45) is 2.61. The van der Waals surface area contributed by atoms with E-state index >= 15 is 0 Å². The SMILES string of the molecule is O=C(Nc1ccccc1)c1ccc(CN2CCCC2)cc1. The summed E-state index contributed by atoms with van der Waals surface area (Å²) in [6, 6.07) is 17.5. The summed E-state index contributed by atoms with van der Waals surface area (Å²) in [6.45, 7) is 3.37. The molecule has 1 amide bonds. The molecule has 0 spiro atoms.